The van der Waals surface area contributed by atoms with E-state index in [9.17, 15) is 4.79 Å². The molecule has 0 radical (unpaired) electrons. The summed E-state index contributed by atoms with van der Waals surface area (Å²) in [5, 5.41) is 6.50. The molecule has 5 nitrogen and oxygen atoms in total. The van der Waals surface area contributed by atoms with Crippen LogP contribution in [0, 0.1) is 0 Å². The molecule has 0 aliphatic carbocycles. The van der Waals surface area contributed by atoms with E-state index in [2.05, 4.69) is 31.4 Å². The normalized spacial score (nSPS) is 10.3. The zero-order valence-electron chi connectivity index (χ0n) is 9.81. The molecule has 6 heteroatoms. The number of nitrogens with one attached hydrogen (secondary N) is 1. The highest BCUT2D eigenvalue weighted by Crippen LogP contribution is 2.11. The van der Waals surface area contributed by atoms with E-state index in [-0.39, 0.29) is 12.5 Å². The standard InChI is InChI=1S/C12H12BrN3O2/c1-2-11-15-10(16-18-11)7-14-12(17)8-4-3-5-9(13)6-8/h3-6H,2,7H2,1H3,(H,14,17). The second-order valence-corrected chi connectivity index (χ2v) is 4.57. The fourth-order valence-electron chi connectivity index (χ4n) is 1.40. The minimum absolute atomic E-state index is 0.167. The number of nitrogens with zero attached hydrogens (tertiary/aromatic N) is 2. The van der Waals surface area contributed by atoms with Crippen molar-refractivity contribution >= 4 is 21.8 Å². The topological polar surface area (TPSA) is 68.0 Å². The van der Waals surface area contributed by atoms with E-state index >= 15 is 0 Å². The van der Waals surface area contributed by atoms with Gasteiger partial charge in [-0.15, -0.1) is 0 Å². The van der Waals surface area contributed by atoms with E-state index in [0.717, 1.165) is 4.47 Å². The molecule has 0 unspecified atom stereocenters. The monoisotopic (exact) mass is 309 g/mol. The first kappa shape index (κ1) is 12.8. The quantitative estimate of drug-likeness (QED) is 0.941. The summed E-state index contributed by atoms with van der Waals surface area (Å²) in [6.07, 6.45) is 0.687. The van der Waals surface area contributed by atoms with Gasteiger partial charge in [-0.2, -0.15) is 4.98 Å². The van der Waals surface area contributed by atoms with Crippen molar-refractivity contribution < 1.29 is 9.32 Å². The summed E-state index contributed by atoms with van der Waals surface area (Å²) in [5.74, 6) is 0.885. The van der Waals surface area contributed by atoms with Crippen LogP contribution in [0.2, 0.25) is 0 Å². The molecule has 1 N–H and O–H groups in total. The molecule has 0 saturated carbocycles. The zero-order valence-corrected chi connectivity index (χ0v) is 11.4. The highest BCUT2D eigenvalue weighted by molar-refractivity contribution is 9.10. The number of halogens is 1. The molecule has 0 bridgehead atoms. The van der Waals surface area contributed by atoms with Crippen molar-refractivity contribution in [3.05, 3.63) is 46.0 Å². The molecule has 2 aromatic rings. The Morgan fingerprint density at radius 2 is 2.33 bits per heavy atom. The highest BCUT2D eigenvalue weighted by Gasteiger charge is 2.08. The molecule has 1 heterocycles. The molecule has 0 spiro atoms. The number of amides is 1. The van der Waals surface area contributed by atoms with Gasteiger partial charge in [0.05, 0.1) is 6.54 Å². The number of hydrogen-bond acceptors (Lipinski definition) is 4. The van der Waals surface area contributed by atoms with E-state index in [1.165, 1.54) is 0 Å². The minimum atomic E-state index is -0.167. The van der Waals surface area contributed by atoms with Crippen molar-refractivity contribution in [3.8, 4) is 0 Å². The van der Waals surface area contributed by atoms with Gasteiger partial charge in [-0.3, -0.25) is 4.79 Å². The largest absolute Gasteiger partial charge is 0.345 e. The van der Waals surface area contributed by atoms with Crippen LogP contribution in [0.1, 0.15) is 29.0 Å². The molecule has 0 saturated heterocycles. The zero-order chi connectivity index (χ0) is 13.0. The smallest absolute Gasteiger partial charge is 0.251 e. The Morgan fingerprint density at radius 1 is 1.50 bits per heavy atom. The molecule has 0 fully saturated rings. The van der Waals surface area contributed by atoms with E-state index < -0.39 is 0 Å². The summed E-state index contributed by atoms with van der Waals surface area (Å²) in [6.45, 7) is 2.19. The molecule has 1 amide bonds. The molecule has 18 heavy (non-hydrogen) atoms. The lowest BCUT2D eigenvalue weighted by Crippen LogP contribution is -2.23. The van der Waals surface area contributed by atoms with Crippen LogP contribution in [0.4, 0.5) is 0 Å². The molecule has 1 aromatic carbocycles. The average Bonchev–Trinajstić information content (AvgIpc) is 2.84. The number of benzene rings is 1. The van der Waals surface area contributed by atoms with Crippen LogP contribution in [-0.2, 0) is 13.0 Å². The van der Waals surface area contributed by atoms with Crippen molar-refractivity contribution in [2.75, 3.05) is 0 Å². The summed E-state index contributed by atoms with van der Waals surface area (Å²) in [6, 6.07) is 7.17. The van der Waals surface area contributed by atoms with Gasteiger partial charge in [-0.25, -0.2) is 0 Å². The van der Waals surface area contributed by atoms with Gasteiger partial charge in [0.2, 0.25) is 5.89 Å². The summed E-state index contributed by atoms with van der Waals surface area (Å²) in [4.78, 5) is 15.9. The van der Waals surface area contributed by atoms with Gasteiger partial charge in [-0.05, 0) is 18.2 Å². The Hall–Kier alpha value is -1.69. The van der Waals surface area contributed by atoms with E-state index in [4.69, 9.17) is 4.52 Å². The predicted octanol–water partition coefficient (Wildman–Crippen LogP) is 2.32. The number of aromatic nitrogens is 2. The third-order valence-electron chi connectivity index (χ3n) is 2.31. The number of carbonyl (C=O) groups is 1. The Kier molecular flexibility index (Phi) is 4.09. The van der Waals surface area contributed by atoms with E-state index in [1.807, 2.05) is 19.1 Å². The van der Waals surface area contributed by atoms with Gasteiger partial charge in [-0.1, -0.05) is 34.1 Å². The van der Waals surface area contributed by atoms with E-state index in [0.29, 0.717) is 23.7 Å². The fourth-order valence-corrected chi connectivity index (χ4v) is 1.80. The molecule has 1 aromatic heterocycles. The van der Waals surface area contributed by atoms with Gasteiger partial charge >= 0.3 is 0 Å². The number of hydrogen-bond donors (Lipinski definition) is 1. The predicted molar refractivity (Wildman–Crippen MR) is 69.0 cm³/mol. The third-order valence-corrected chi connectivity index (χ3v) is 2.80. The maximum atomic E-state index is 11.8. The van der Waals surface area contributed by atoms with Crippen LogP contribution in [-0.4, -0.2) is 16.0 Å². The Bertz CT molecular complexity index is 554. The maximum Gasteiger partial charge on any atom is 0.251 e. The van der Waals surface area contributed by atoms with Crippen LogP contribution in [0.15, 0.2) is 33.3 Å². The van der Waals surface area contributed by atoms with Gasteiger partial charge < -0.3 is 9.84 Å². The van der Waals surface area contributed by atoms with E-state index in [1.54, 1.807) is 12.1 Å². The lowest BCUT2D eigenvalue weighted by Gasteiger charge is -2.02. The molecule has 0 aliphatic rings. The van der Waals surface area contributed by atoms with Crippen molar-refractivity contribution in [2.24, 2.45) is 0 Å². The highest BCUT2D eigenvalue weighted by atomic mass is 79.9. The second kappa shape index (κ2) is 5.77. The summed E-state index contributed by atoms with van der Waals surface area (Å²) in [7, 11) is 0. The van der Waals surface area contributed by atoms with Crippen LogP contribution >= 0.6 is 15.9 Å². The maximum absolute atomic E-state index is 11.8. The third kappa shape index (κ3) is 3.16. The van der Waals surface area contributed by atoms with Crippen LogP contribution < -0.4 is 5.32 Å². The van der Waals surface area contributed by atoms with Crippen LogP contribution in [0.5, 0.6) is 0 Å². The van der Waals surface area contributed by atoms with Crippen molar-refractivity contribution in [1.29, 1.82) is 0 Å². The number of carbonyl (C=O) groups excluding carboxylic acids is 1. The van der Waals surface area contributed by atoms with Gasteiger partial charge in [0.15, 0.2) is 5.82 Å². The summed E-state index contributed by atoms with van der Waals surface area (Å²) in [5.41, 5.74) is 0.587. The average molecular weight is 310 g/mol. The Labute approximate surface area is 113 Å². The molecule has 2 rings (SSSR count). The fraction of sp³-hybridized carbons (Fsp3) is 0.250. The number of rotatable bonds is 4. The lowest BCUT2D eigenvalue weighted by molar-refractivity contribution is 0.0949. The van der Waals surface area contributed by atoms with Gasteiger partial charge in [0.1, 0.15) is 0 Å². The first-order valence-corrected chi connectivity index (χ1v) is 6.33. The number of aryl methyl sites for hydroxylation is 1. The second-order valence-electron chi connectivity index (χ2n) is 3.65. The Morgan fingerprint density at radius 3 is 3.00 bits per heavy atom. The summed E-state index contributed by atoms with van der Waals surface area (Å²) >= 11 is 3.32. The minimum Gasteiger partial charge on any atom is -0.345 e. The Balaban J connectivity index is 1.96. The SMILES string of the molecule is CCc1nc(CNC(=O)c2cccc(Br)c2)no1. The molecular weight excluding hydrogens is 298 g/mol. The van der Waals surface area contributed by atoms with Crippen LogP contribution in [0.25, 0.3) is 0 Å². The van der Waals surface area contributed by atoms with Gasteiger partial charge in [0.25, 0.3) is 5.91 Å². The molecule has 94 valence electrons. The first-order valence-electron chi connectivity index (χ1n) is 5.54. The molecule has 0 aliphatic heterocycles. The van der Waals surface area contributed by atoms with Gasteiger partial charge in [0, 0.05) is 16.5 Å². The summed E-state index contributed by atoms with van der Waals surface area (Å²) < 4.78 is 5.81. The van der Waals surface area contributed by atoms with Crippen molar-refractivity contribution in [3.63, 3.8) is 0 Å². The van der Waals surface area contributed by atoms with Crippen molar-refractivity contribution in [1.82, 2.24) is 15.5 Å². The van der Waals surface area contributed by atoms with Crippen LogP contribution in [0.3, 0.4) is 0 Å². The molecule has 0 atom stereocenters. The van der Waals surface area contributed by atoms with Crippen molar-refractivity contribution in [2.45, 2.75) is 19.9 Å². The lowest BCUT2D eigenvalue weighted by atomic mass is 10.2. The first-order chi connectivity index (χ1) is 8.69. The molecular formula is C12H12BrN3O2.